The number of nitrogens with zero attached hydrogens (tertiary/aromatic N) is 4. The molecule has 35 heavy (non-hydrogen) atoms. The largest absolute Gasteiger partial charge is 0.492 e. The van der Waals surface area contributed by atoms with Crippen LogP contribution in [0.3, 0.4) is 0 Å². The van der Waals surface area contributed by atoms with Crippen molar-refractivity contribution in [3.63, 3.8) is 0 Å². The van der Waals surface area contributed by atoms with Crippen LogP contribution in [0, 0.1) is 5.92 Å². The highest BCUT2D eigenvalue weighted by Crippen LogP contribution is 2.30. The van der Waals surface area contributed by atoms with Crippen LogP contribution < -0.4 is 25.8 Å². The van der Waals surface area contributed by atoms with Gasteiger partial charge >= 0.3 is 0 Å². The number of nitrogens with one attached hydrogen (secondary N) is 2. The predicted octanol–water partition coefficient (Wildman–Crippen LogP) is 2.39. The maximum atomic E-state index is 13.1. The minimum Gasteiger partial charge on any atom is -0.492 e. The Balaban J connectivity index is 1.29. The van der Waals surface area contributed by atoms with E-state index in [0.717, 1.165) is 32.2 Å². The average Bonchev–Trinajstić information content (AvgIpc) is 3.56. The minimum absolute atomic E-state index is 0.0794. The quantitative estimate of drug-likeness (QED) is 0.492. The first-order valence-corrected chi connectivity index (χ1v) is 12.8. The van der Waals surface area contributed by atoms with Crippen molar-refractivity contribution >= 4 is 44.3 Å². The molecule has 1 atom stereocenters. The molecule has 2 aromatic heterocycles. The molecule has 184 valence electrons. The van der Waals surface area contributed by atoms with Gasteiger partial charge in [0.05, 0.1) is 18.2 Å². The van der Waals surface area contributed by atoms with Gasteiger partial charge in [0.15, 0.2) is 10.8 Å². The molecule has 2 fully saturated rings. The zero-order chi connectivity index (χ0) is 24.4. The van der Waals surface area contributed by atoms with Gasteiger partial charge in [0.1, 0.15) is 23.3 Å². The molecule has 1 saturated carbocycles. The number of ether oxygens (including phenoxy) is 1. The number of benzene rings is 1. The number of fused-ring (bicyclic) bond motifs is 1. The van der Waals surface area contributed by atoms with Gasteiger partial charge in [-0.3, -0.25) is 19.0 Å². The molecule has 5 rings (SSSR count). The van der Waals surface area contributed by atoms with Crippen molar-refractivity contribution < 1.29 is 14.3 Å². The van der Waals surface area contributed by atoms with Gasteiger partial charge in [-0.15, -0.1) is 0 Å². The molecule has 2 N–H and O–H groups in total. The van der Waals surface area contributed by atoms with E-state index in [1.807, 2.05) is 13.0 Å². The van der Waals surface area contributed by atoms with Crippen molar-refractivity contribution in [1.29, 1.82) is 0 Å². The van der Waals surface area contributed by atoms with Crippen LogP contribution in [0.1, 0.15) is 32.6 Å². The van der Waals surface area contributed by atoms with Gasteiger partial charge in [0.2, 0.25) is 11.8 Å². The highest BCUT2D eigenvalue weighted by molar-refractivity contribution is 7.22. The molecule has 0 unspecified atom stereocenters. The Bertz CT molecular complexity index is 1300. The average molecular weight is 497 g/mol. The molecule has 1 aromatic carbocycles. The van der Waals surface area contributed by atoms with Gasteiger partial charge < -0.3 is 20.3 Å². The molecule has 3 aromatic rings. The highest BCUT2D eigenvalue weighted by atomic mass is 32.1. The second-order valence-corrected chi connectivity index (χ2v) is 9.85. The van der Waals surface area contributed by atoms with Gasteiger partial charge in [-0.1, -0.05) is 23.5 Å². The van der Waals surface area contributed by atoms with Crippen molar-refractivity contribution in [2.75, 3.05) is 29.9 Å². The van der Waals surface area contributed by atoms with E-state index in [0.29, 0.717) is 46.1 Å². The number of rotatable bonds is 8. The summed E-state index contributed by atoms with van der Waals surface area (Å²) in [5.74, 6) is 0.243. The van der Waals surface area contributed by atoms with Crippen molar-refractivity contribution in [2.45, 2.75) is 45.2 Å². The lowest BCUT2D eigenvalue weighted by Crippen LogP contribution is -2.43. The first kappa shape index (κ1) is 23.3. The molecule has 0 radical (unpaired) electrons. The van der Waals surface area contributed by atoms with Crippen LogP contribution in [-0.2, 0) is 16.1 Å². The fraction of sp³-hybridized carbons (Fsp3) is 0.458. The Morgan fingerprint density at radius 3 is 2.86 bits per heavy atom. The SMILES string of the molecule is CCOc1ccccc1NC(=O)Cn1cnc2nc(N3CCC[C@H](C(=O)NC4CC4)C3)sc2c1=O. The van der Waals surface area contributed by atoms with Gasteiger partial charge in [0, 0.05) is 19.1 Å². The van der Waals surface area contributed by atoms with Crippen LogP contribution in [0.5, 0.6) is 5.75 Å². The summed E-state index contributed by atoms with van der Waals surface area (Å²) >= 11 is 1.26. The van der Waals surface area contributed by atoms with Crippen LogP contribution in [0.2, 0.25) is 0 Å². The van der Waals surface area contributed by atoms with Gasteiger partial charge in [-0.2, -0.15) is 4.98 Å². The standard InChI is InChI=1S/C24H28N6O4S/c1-2-34-18-8-4-3-7-17(18)27-19(31)13-30-14-25-21-20(23(30)33)35-24(28-21)29-11-5-6-15(12-29)22(32)26-16-9-10-16/h3-4,7-8,14-16H,2,5-6,9-13H2,1H3,(H,26,32)(H,27,31)/t15-/m0/s1. The van der Waals surface area contributed by atoms with E-state index in [1.165, 1.54) is 22.2 Å². The second kappa shape index (κ2) is 10.0. The number of amides is 2. The Morgan fingerprint density at radius 2 is 2.06 bits per heavy atom. The topological polar surface area (TPSA) is 118 Å². The molecule has 0 spiro atoms. The fourth-order valence-electron chi connectivity index (χ4n) is 4.19. The molecule has 1 aliphatic heterocycles. The normalized spacial score (nSPS) is 17.9. The third-order valence-electron chi connectivity index (χ3n) is 6.13. The summed E-state index contributed by atoms with van der Waals surface area (Å²) in [5.41, 5.74) is 0.594. The molecule has 2 aliphatic rings. The van der Waals surface area contributed by atoms with Crippen LogP contribution in [0.4, 0.5) is 10.8 Å². The highest BCUT2D eigenvalue weighted by Gasteiger charge is 2.31. The van der Waals surface area contributed by atoms with Crippen LogP contribution in [0.15, 0.2) is 35.4 Å². The maximum Gasteiger partial charge on any atom is 0.273 e. The molecule has 0 bridgehead atoms. The number of aromatic nitrogens is 3. The number of hydrogen-bond acceptors (Lipinski definition) is 8. The summed E-state index contributed by atoms with van der Waals surface area (Å²) in [7, 11) is 0. The molecular formula is C24H28N6O4S. The number of thiazole rings is 1. The lowest BCUT2D eigenvalue weighted by Gasteiger charge is -2.31. The number of carbonyl (C=O) groups excluding carboxylic acids is 2. The fourth-order valence-corrected chi connectivity index (χ4v) is 5.19. The number of piperidine rings is 1. The van der Waals surface area contributed by atoms with Crippen molar-refractivity contribution in [3.8, 4) is 5.75 Å². The molecular weight excluding hydrogens is 468 g/mol. The molecule has 1 saturated heterocycles. The molecule has 2 amide bonds. The van der Waals surface area contributed by atoms with Crippen LogP contribution in [0.25, 0.3) is 10.3 Å². The van der Waals surface area contributed by atoms with E-state index in [-0.39, 0.29) is 29.8 Å². The van der Waals surface area contributed by atoms with Crippen LogP contribution in [-0.4, -0.2) is 52.1 Å². The summed E-state index contributed by atoms with van der Waals surface area (Å²) in [6.07, 6.45) is 5.22. The molecule has 1 aliphatic carbocycles. The zero-order valence-electron chi connectivity index (χ0n) is 19.5. The maximum absolute atomic E-state index is 13.1. The van der Waals surface area contributed by atoms with E-state index in [9.17, 15) is 14.4 Å². The first-order chi connectivity index (χ1) is 17.0. The smallest absolute Gasteiger partial charge is 0.273 e. The summed E-state index contributed by atoms with van der Waals surface area (Å²) < 4.78 is 7.22. The lowest BCUT2D eigenvalue weighted by atomic mass is 9.97. The lowest BCUT2D eigenvalue weighted by molar-refractivity contribution is -0.125. The number of hydrogen-bond donors (Lipinski definition) is 2. The Labute approximate surface area is 206 Å². The Morgan fingerprint density at radius 1 is 1.23 bits per heavy atom. The van der Waals surface area contributed by atoms with Crippen molar-refractivity contribution in [1.82, 2.24) is 19.9 Å². The molecule has 11 heteroatoms. The van der Waals surface area contributed by atoms with Crippen molar-refractivity contribution in [3.05, 3.63) is 40.9 Å². The van der Waals surface area contributed by atoms with Gasteiger partial charge in [-0.25, -0.2) is 4.98 Å². The first-order valence-electron chi connectivity index (χ1n) is 11.9. The summed E-state index contributed by atoms with van der Waals surface area (Å²) in [4.78, 5) is 49.2. The predicted molar refractivity (Wildman–Crippen MR) is 134 cm³/mol. The van der Waals surface area contributed by atoms with E-state index < -0.39 is 0 Å². The van der Waals surface area contributed by atoms with E-state index in [2.05, 4.69) is 25.5 Å². The van der Waals surface area contributed by atoms with E-state index in [4.69, 9.17) is 4.74 Å². The van der Waals surface area contributed by atoms with Gasteiger partial charge in [0.25, 0.3) is 5.56 Å². The number of carbonyl (C=O) groups is 2. The Hall–Kier alpha value is -3.47. The third-order valence-corrected chi connectivity index (χ3v) is 7.23. The minimum atomic E-state index is -0.356. The summed E-state index contributed by atoms with van der Waals surface area (Å²) in [6, 6.07) is 7.50. The van der Waals surface area contributed by atoms with E-state index >= 15 is 0 Å². The number of para-hydroxylation sites is 2. The monoisotopic (exact) mass is 496 g/mol. The zero-order valence-corrected chi connectivity index (χ0v) is 20.3. The Kier molecular flexibility index (Phi) is 6.67. The summed E-state index contributed by atoms with van der Waals surface area (Å²) in [5, 5.41) is 6.57. The van der Waals surface area contributed by atoms with Crippen molar-refractivity contribution in [2.24, 2.45) is 5.92 Å². The van der Waals surface area contributed by atoms with Gasteiger partial charge in [-0.05, 0) is 44.7 Å². The van der Waals surface area contributed by atoms with Crippen LogP contribution >= 0.6 is 11.3 Å². The second-order valence-electron chi connectivity index (χ2n) is 8.87. The molecule has 3 heterocycles. The third kappa shape index (κ3) is 5.29. The summed E-state index contributed by atoms with van der Waals surface area (Å²) in [6.45, 7) is 3.53. The van der Waals surface area contributed by atoms with E-state index in [1.54, 1.807) is 18.2 Å². The molecule has 10 nitrogen and oxygen atoms in total. The number of anilines is 2.